The molecule has 8 nitrogen and oxygen atoms in total. The van der Waals surface area contributed by atoms with Crippen molar-refractivity contribution in [1.29, 1.82) is 0 Å². The van der Waals surface area contributed by atoms with Crippen molar-refractivity contribution in [2.75, 3.05) is 13.7 Å². The highest BCUT2D eigenvalue weighted by Gasteiger charge is 2.12. The average molecular weight is 394 g/mol. The summed E-state index contributed by atoms with van der Waals surface area (Å²) >= 11 is 0. The van der Waals surface area contributed by atoms with E-state index in [0.29, 0.717) is 42.2 Å². The van der Waals surface area contributed by atoms with Gasteiger partial charge in [-0.25, -0.2) is 9.97 Å². The van der Waals surface area contributed by atoms with Crippen molar-refractivity contribution in [1.82, 2.24) is 19.5 Å². The molecular weight excluding hydrogens is 370 g/mol. The molecule has 2 heterocycles. The fraction of sp³-hybridized carbons (Fsp3) is 0.389. The van der Waals surface area contributed by atoms with Gasteiger partial charge in [-0.15, -0.1) is 12.4 Å². The van der Waals surface area contributed by atoms with E-state index in [9.17, 15) is 10.2 Å². The van der Waals surface area contributed by atoms with Gasteiger partial charge < -0.3 is 24.5 Å². The first-order chi connectivity index (χ1) is 12.5. The summed E-state index contributed by atoms with van der Waals surface area (Å²) in [6.07, 6.45) is 1.61. The molecule has 146 valence electrons. The van der Waals surface area contributed by atoms with Crippen LogP contribution in [-0.4, -0.2) is 49.5 Å². The van der Waals surface area contributed by atoms with E-state index in [1.165, 1.54) is 7.11 Å². The fourth-order valence-corrected chi connectivity index (χ4v) is 2.81. The van der Waals surface area contributed by atoms with Gasteiger partial charge in [0.25, 0.3) is 0 Å². The third-order valence-electron chi connectivity index (χ3n) is 3.94. The summed E-state index contributed by atoms with van der Waals surface area (Å²) in [5.41, 5.74) is 2.93. The second-order valence-corrected chi connectivity index (χ2v) is 6.11. The lowest BCUT2D eigenvalue weighted by Gasteiger charge is -2.09. The molecule has 1 unspecified atom stereocenters. The van der Waals surface area contributed by atoms with E-state index in [1.54, 1.807) is 25.4 Å². The summed E-state index contributed by atoms with van der Waals surface area (Å²) in [6.45, 7) is 4.76. The lowest BCUT2D eigenvalue weighted by molar-refractivity contribution is 0.193. The number of rotatable bonds is 6. The number of fused-ring (bicyclic) bond motifs is 1. The molecule has 9 heteroatoms. The van der Waals surface area contributed by atoms with Crippen molar-refractivity contribution in [3.8, 4) is 11.5 Å². The largest absolute Gasteiger partial charge is 0.504 e. The number of ether oxygens (including phenoxy) is 1. The Labute approximate surface area is 163 Å². The van der Waals surface area contributed by atoms with Crippen LogP contribution in [0.2, 0.25) is 0 Å². The number of H-pyrrole nitrogens is 1. The molecule has 2 aromatic heterocycles. The van der Waals surface area contributed by atoms with E-state index in [4.69, 9.17) is 4.74 Å². The average Bonchev–Trinajstić information content (AvgIpc) is 3.01. The maximum Gasteiger partial charge on any atom is 0.176 e. The van der Waals surface area contributed by atoms with Crippen molar-refractivity contribution in [3.63, 3.8) is 0 Å². The highest BCUT2D eigenvalue weighted by atomic mass is 35.5. The number of aromatic hydroxyl groups is 1. The summed E-state index contributed by atoms with van der Waals surface area (Å²) in [4.78, 5) is 16.6. The minimum Gasteiger partial charge on any atom is -0.504 e. The second kappa shape index (κ2) is 8.88. The monoisotopic (exact) mass is 393 g/mol. The van der Waals surface area contributed by atoms with Crippen LogP contribution in [0.5, 0.6) is 11.5 Å². The van der Waals surface area contributed by atoms with Gasteiger partial charge in [-0.3, -0.25) is 4.99 Å². The number of phenolic OH excluding ortho intramolecular Hbond substituents is 1. The van der Waals surface area contributed by atoms with Crippen LogP contribution in [0.4, 0.5) is 0 Å². The number of aromatic nitrogens is 4. The second-order valence-electron chi connectivity index (χ2n) is 6.11. The molecule has 0 fully saturated rings. The molecule has 0 bridgehead atoms. The van der Waals surface area contributed by atoms with Gasteiger partial charge in [0.2, 0.25) is 0 Å². The van der Waals surface area contributed by atoms with Crippen LogP contribution in [0.1, 0.15) is 25.2 Å². The van der Waals surface area contributed by atoms with E-state index >= 15 is 0 Å². The molecule has 0 saturated heterocycles. The Balaban J connectivity index is 0.00000261. The van der Waals surface area contributed by atoms with Crippen LogP contribution in [-0.2, 0) is 13.0 Å². The smallest absolute Gasteiger partial charge is 0.176 e. The zero-order valence-corrected chi connectivity index (χ0v) is 16.3. The first-order valence-electron chi connectivity index (χ1n) is 8.50. The minimum atomic E-state index is -0.498. The van der Waals surface area contributed by atoms with Gasteiger partial charge >= 0.3 is 0 Å². The molecule has 27 heavy (non-hydrogen) atoms. The van der Waals surface area contributed by atoms with Crippen molar-refractivity contribution in [3.05, 3.63) is 41.4 Å². The molecule has 0 spiro atoms. The van der Waals surface area contributed by atoms with Crippen LogP contribution in [0.15, 0.2) is 29.5 Å². The van der Waals surface area contributed by atoms with Gasteiger partial charge in [-0.1, -0.05) is 6.07 Å². The lowest BCUT2D eigenvalue weighted by Crippen LogP contribution is -2.15. The third-order valence-corrected chi connectivity index (χ3v) is 3.94. The van der Waals surface area contributed by atoms with Crippen molar-refractivity contribution >= 4 is 23.6 Å². The number of hydrogen-bond acceptors (Lipinski definition) is 6. The Morgan fingerprint density at radius 1 is 1.37 bits per heavy atom. The maximum absolute atomic E-state index is 9.99. The zero-order chi connectivity index (χ0) is 18.7. The molecule has 1 aromatic carbocycles. The molecule has 3 N–H and O–H groups in total. The van der Waals surface area contributed by atoms with E-state index in [0.717, 1.165) is 11.1 Å². The number of halogens is 1. The SMILES string of the molecule is CCN=c1ncn(Cc2ccc(OC)c(O)c2)c2nc(CC(C)O)[nH]c12.Cl. The van der Waals surface area contributed by atoms with Gasteiger partial charge in [0.15, 0.2) is 22.6 Å². The molecule has 0 aliphatic carbocycles. The summed E-state index contributed by atoms with van der Waals surface area (Å²) in [7, 11) is 1.51. The summed E-state index contributed by atoms with van der Waals surface area (Å²) in [5, 5.41) is 19.6. The van der Waals surface area contributed by atoms with Gasteiger partial charge in [0.1, 0.15) is 11.3 Å². The number of methoxy groups -OCH3 is 1. The Hall–Kier alpha value is -2.58. The Bertz CT molecular complexity index is 981. The predicted octanol–water partition coefficient (Wildman–Crippen LogP) is 1.79. The normalized spacial score (nSPS) is 12.8. The number of phenols is 1. The standard InChI is InChI=1S/C18H23N5O3.ClH/c1-4-19-17-16-18(22-15(21-16)7-11(2)24)23(10-20-17)9-12-5-6-14(26-3)13(25)8-12;/h5-6,8,10-11,24-25H,4,7,9H2,1-3H3,(H,21,22);1H. The van der Waals surface area contributed by atoms with E-state index < -0.39 is 6.10 Å². The molecule has 3 rings (SSSR count). The van der Waals surface area contributed by atoms with Gasteiger partial charge in [0.05, 0.1) is 26.1 Å². The fourth-order valence-electron chi connectivity index (χ4n) is 2.81. The molecule has 0 radical (unpaired) electrons. The van der Waals surface area contributed by atoms with E-state index in [2.05, 4.69) is 19.9 Å². The quantitative estimate of drug-likeness (QED) is 0.591. The Morgan fingerprint density at radius 3 is 2.78 bits per heavy atom. The predicted molar refractivity (Wildman–Crippen MR) is 104 cm³/mol. The zero-order valence-electron chi connectivity index (χ0n) is 15.5. The summed E-state index contributed by atoms with van der Waals surface area (Å²) in [5.74, 6) is 1.20. The number of aromatic amines is 1. The van der Waals surface area contributed by atoms with Crippen molar-refractivity contribution in [2.45, 2.75) is 32.9 Å². The number of hydrogen-bond donors (Lipinski definition) is 3. The number of aliphatic hydroxyl groups excluding tert-OH is 1. The molecule has 0 aliphatic rings. The molecule has 0 aliphatic heterocycles. The first kappa shape index (κ1) is 20.7. The third kappa shape index (κ3) is 4.58. The van der Waals surface area contributed by atoms with Crippen LogP contribution < -0.4 is 10.2 Å². The Morgan fingerprint density at radius 2 is 2.15 bits per heavy atom. The van der Waals surface area contributed by atoms with Gasteiger partial charge in [-0.2, -0.15) is 0 Å². The number of aliphatic hydroxyl groups is 1. The van der Waals surface area contributed by atoms with Crippen molar-refractivity contribution < 1.29 is 14.9 Å². The first-order valence-corrected chi connectivity index (χ1v) is 8.50. The van der Waals surface area contributed by atoms with Gasteiger partial charge in [0, 0.05) is 13.0 Å². The molecule has 3 aromatic rings. The molecule has 0 saturated carbocycles. The molecule has 1 atom stereocenters. The van der Waals surface area contributed by atoms with Gasteiger partial charge in [-0.05, 0) is 31.5 Å². The van der Waals surface area contributed by atoms with E-state index in [-0.39, 0.29) is 18.2 Å². The van der Waals surface area contributed by atoms with E-state index in [1.807, 2.05) is 17.6 Å². The number of nitrogens with one attached hydrogen (secondary N) is 1. The van der Waals surface area contributed by atoms with Crippen molar-refractivity contribution in [2.24, 2.45) is 4.99 Å². The number of benzene rings is 1. The molecule has 0 amide bonds. The van der Waals surface area contributed by atoms with Crippen LogP contribution in [0.3, 0.4) is 0 Å². The highest BCUT2D eigenvalue weighted by Crippen LogP contribution is 2.26. The van der Waals surface area contributed by atoms with Crippen LogP contribution in [0.25, 0.3) is 11.2 Å². The van der Waals surface area contributed by atoms with Crippen LogP contribution in [0, 0.1) is 0 Å². The summed E-state index contributed by atoms with van der Waals surface area (Å²) < 4.78 is 6.96. The Kier molecular flexibility index (Phi) is 6.81. The highest BCUT2D eigenvalue weighted by molar-refractivity contribution is 5.85. The number of nitrogens with zero attached hydrogens (tertiary/aromatic N) is 4. The lowest BCUT2D eigenvalue weighted by atomic mass is 10.2. The maximum atomic E-state index is 9.99. The summed E-state index contributed by atoms with van der Waals surface area (Å²) in [6, 6.07) is 5.26. The van der Waals surface area contributed by atoms with Crippen LogP contribution >= 0.6 is 12.4 Å². The molecular formula is C18H24ClN5O3. The number of imidazole rings is 1. The topological polar surface area (TPSA) is 109 Å². The minimum absolute atomic E-state index is 0.